The highest BCUT2D eigenvalue weighted by molar-refractivity contribution is 7.89. The summed E-state index contributed by atoms with van der Waals surface area (Å²) in [6.07, 6.45) is 7.12. The van der Waals surface area contributed by atoms with Crippen molar-refractivity contribution in [3.05, 3.63) is 60.0 Å². The lowest BCUT2D eigenvalue weighted by atomic mass is 9.98. The van der Waals surface area contributed by atoms with Gasteiger partial charge in [-0.1, -0.05) is 6.07 Å². The van der Waals surface area contributed by atoms with Crippen molar-refractivity contribution in [1.82, 2.24) is 19.7 Å². The highest BCUT2D eigenvalue weighted by Crippen LogP contribution is 2.58. The van der Waals surface area contributed by atoms with Crippen molar-refractivity contribution in [2.45, 2.75) is 42.6 Å². The first-order chi connectivity index (χ1) is 16.1. The Balaban J connectivity index is 1.48. The van der Waals surface area contributed by atoms with E-state index >= 15 is 0 Å². The fourth-order valence-corrected chi connectivity index (χ4v) is 5.45. The van der Waals surface area contributed by atoms with Gasteiger partial charge in [-0.25, -0.2) is 23.1 Å². The van der Waals surface area contributed by atoms with Crippen LogP contribution >= 0.6 is 0 Å². The third kappa shape index (κ3) is 4.07. The minimum absolute atomic E-state index is 0.0147. The van der Waals surface area contributed by atoms with E-state index in [1.807, 2.05) is 17.0 Å². The number of hydrogen-bond acceptors (Lipinski definition) is 8. The molecule has 1 aliphatic carbocycles. The number of anilines is 2. The number of nitrogens with one attached hydrogen (secondary N) is 1. The maximum atomic E-state index is 12.6. The van der Waals surface area contributed by atoms with E-state index in [0.29, 0.717) is 18.2 Å². The predicted octanol–water partition coefficient (Wildman–Crippen LogP) is 2.22. The molecule has 1 saturated carbocycles. The zero-order chi connectivity index (χ0) is 24.1. The van der Waals surface area contributed by atoms with Gasteiger partial charge in [0.05, 0.1) is 22.8 Å². The van der Waals surface area contributed by atoms with Gasteiger partial charge in [-0.05, 0) is 62.1 Å². The molecule has 34 heavy (non-hydrogen) atoms. The zero-order valence-electron chi connectivity index (χ0n) is 19.1. The van der Waals surface area contributed by atoms with Crippen LogP contribution in [0.1, 0.15) is 37.8 Å². The number of hydrogen-bond donors (Lipinski definition) is 3. The average molecular weight is 482 g/mol. The van der Waals surface area contributed by atoms with E-state index in [-0.39, 0.29) is 23.5 Å². The molecule has 178 valence electrons. The largest absolute Gasteiger partial charge is 0.395 e. The molecule has 0 bridgehead atoms. The Kier molecular flexibility index (Phi) is 5.44. The Morgan fingerprint density at radius 2 is 1.85 bits per heavy atom. The summed E-state index contributed by atoms with van der Waals surface area (Å²) in [6, 6.07) is 8.76. The molecule has 10 heteroatoms. The van der Waals surface area contributed by atoms with Gasteiger partial charge in [0.15, 0.2) is 0 Å². The second-order valence-corrected chi connectivity index (χ2v) is 11.2. The van der Waals surface area contributed by atoms with Crippen molar-refractivity contribution in [3.63, 3.8) is 0 Å². The highest BCUT2D eigenvalue weighted by atomic mass is 32.2. The maximum absolute atomic E-state index is 12.6. The van der Waals surface area contributed by atoms with Crippen LogP contribution in [-0.4, -0.2) is 53.3 Å². The van der Waals surface area contributed by atoms with Crippen LogP contribution in [-0.2, 0) is 21.0 Å². The van der Waals surface area contributed by atoms with Crippen molar-refractivity contribution in [1.29, 1.82) is 0 Å². The molecule has 0 atom stereocenters. The van der Waals surface area contributed by atoms with Gasteiger partial charge in [0.2, 0.25) is 16.0 Å². The number of aromatic nitrogens is 3. The molecule has 1 aliphatic heterocycles. The lowest BCUT2D eigenvalue weighted by molar-refractivity contribution is 0.0785. The molecule has 0 unspecified atom stereocenters. The van der Waals surface area contributed by atoms with Gasteiger partial charge < -0.3 is 15.1 Å². The number of pyridine rings is 1. The second-order valence-electron chi connectivity index (χ2n) is 9.43. The molecule has 2 aromatic heterocycles. The van der Waals surface area contributed by atoms with E-state index in [0.717, 1.165) is 35.2 Å². The standard InChI is InChI=1S/C24H27N5O4S/c1-23(2,31)17-5-8-25-20(11-17)16-13-26-22(27-14-16)29-15-24(6-7-24)19-4-3-18(12-21(19)29)34(32,33)28-9-10-30/h3-5,8,11-14,28,30-31H,6-7,9-10,15H2,1-2H3. The summed E-state index contributed by atoms with van der Waals surface area (Å²) in [5.74, 6) is 0.491. The third-order valence-electron chi connectivity index (χ3n) is 6.50. The normalized spacial score (nSPS) is 16.6. The van der Waals surface area contributed by atoms with Crippen molar-refractivity contribution < 1.29 is 18.6 Å². The fourth-order valence-electron chi connectivity index (χ4n) is 4.41. The lowest BCUT2D eigenvalue weighted by Crippen LogP contribution is -2.26. The molecule has 2 aliphatic rings. The van der Waals surface area contributed by atoms with Crippen LogP contribution in [0, 0.1) is 0 Å². The molecule has 1 spiro atoms. The van der Waals surface area contributed by atoms with Crippen molar-refractivity contribution >= 4 is 21.7 Å². The number of aliphatic hydroxyl groups is 2. The van der Waals surface area contributed by atoms with E-state index in [2.05, 4.69) is 19.7 Å². The van der Waals surface area contributed by atoms with Gasteiger partial charge in [-0.3, -0.25) is 4.98 Å². The molecule has 1 aromatic carbocycles. The SMILES string of the molecule is CC(C)(O)c1ccnc(-c2cnc(N3CC4(CC4)c4ccc(S(=O)(=O)NCCO)cc43)nc2)c1. The minimum Gasteiger partial charge on any atom is -0.395 e. The van der Waals surface area contributed by atoms with Crippen LogP contribution in [0.4, 0.5) is 11.6 Å². The van der Waals surface area contributed by atoms with Gasteiger partial charge >= 0.3 is 0 Å². The van der Waals surface area contributed by atoms with Crippen LogP contribution in [0.25, 0.3) is 11.3 Å². The summed E-state index contributed by atoms with van der Waals surface area (Å²) in [6.45, 7) is 3.82. The van der Waals surface area contributed by atoms with Gasteiger partial charge in [0.1, 0.15) is 0 Å². The Morgan fingerprint density at radius 3 is 2.50 bits per heavy atom. The van der Waals surface area contributed by atoms with Crippen LogP contribution < -0.4 is 9.62 Å². The van der Waals surface area contributed by atoms with Crippen LogP contribution in [0.15, 0.2) is 53.8 Å². The topological polar surface area (TPSA) is 129 Å². The van der Waals surface area contributed by atoms with E-state index in [4.69, 9.17) is 5.11 Å². The zero-order valence-corrected chi connectivity index (χ0v) is 19.9. The molecule has 5 rings (SSSR count). The molecule has 3 N–H and O–H groups in total. The third-order valence-corrected chi connectivity index (χ3v) is 7.96. The molecule has 3 aromatic rings. The van der Waals surface area contributed by atoms with Crippen LogP contribution in [0.3, 0.4) is 0 Å². The Bertz CT molecular complexity index is 1330. The Morgan fingerprint density at radius 1 is 1.12 bits per heavy atom. The lowest BCUT2D eigenvalue weighted by Gasteiger charge is -2.19. The summed E-state index contributed by atoms with van der Waals surface area (Å²) in [4.78, 5) is 15.7. The first-order valence-corrected chi connectivity index (χ1v) is 12.7. The molecular weight excluding hydrogens is 454 g/mol. The van der Waals surface area contributed by atoms with Gasteiger partial charge in [0.25, 0.3) is 0 Å². The number of fused-ring (bicyclic) bond motifs is 2. The summed E-state index contributed by atoms with van der Waals surface area (Å²) < 4.78 is 27.6. The molecule has 9 nitrogen and oxygen atoms in total. The fraction of sp³-hybridized carbons (Fsp3) is 0.375. The number of benzene rings is 1. The number of nitrogens with zero attached hydrogens (tertiary/aromatic N) is 4. The van der Waals surface area contributed by atoms with E-state index in [1.54, 1.807) is 50.6 Å². The molecule has 1 fully saturated rings. The molecular formula is C24H27N5O4S. The molecule has 0 radical (unpaired) electrons. The summed E-state index contributed by atoms with van der Waals surface area (Å²) in [7, 11) is -3.73. The second kappa shape index (κ2) is 8.09. The first kappa shape index (κ1) is 22.9. The Hall–Kier alpha value is -2.92. The van der Waals surface area contributed by atoms with Crippen LogP contribution in [0.2, 0.25) is 0 Å². The highest BCUT2D eigenvalue weighted by Gasteiger charge is 2.52. The van der Waals surface area contributed by atoms with E-state index in [9.17, 15) is 13.5 Å². The smallest absolute Gasteiger partial charge is 0.240 e. The van der Waals surface area contributed by atoms with E-state index < -0.39 is 15.6 Å². The minimum atomic E-state index is -3.73. The van der Waals surface area contributed by atoms with Gasteiger partial charge in [0, 0.05) is 48.3 Å². The molecule has 0 saturated heterocycles. The first-order valence-electron chi connectivity index (χ1n) is 11.2. The number of rotatable bonds is 7. The number of aliphatic hydroxyl groups excluding tert-OH is 1. The van der Waals surface area contributed by atoms with E-state index in [1.165, 1.54) is 0 Å². The monoisotopic (exact) mass is 481 g/mol. The quantitative estimate of drug-likeness (QED) is 0.469. The van der Waals surface area contributed by atoms with Crippen LogP contribution in [0.5, 0.6) is 0 Å². The molecule has 0 amide bonds. The van der Waals surface area contributed by atoms with Crippen molar-refractivity contribution in [2.75, 3.05) is 24.6 Å². The average Bonchev–Trinajstić information content (AvgIpc) is 3.53. The molecule has 3 heterocycles. The van der Waals surface area contributed by atoms with Crippen molar-refractivity contribution in [2.24, 2.45) is 0 Å². The van der Waals surface area contributed by atoms with Gasteiger partial charge in [-0.15, -0.1) is 0 Å². The number of sulfonamides is 1. The summed E-state index contributed by atoms with van der Waals surface area (Å²) in [5, 5.41) is 19.3. The van der Waals surface area contributed by atoms with Crippen molar-refractivity contribution in [3.8, 4) is 11.3 Å². The Labute approximate surface area is 198 Å². The summed E-state index contributed by atoms with van der Waals surface area (Å²) in [5.41, 5.74) is 3.06. The predicted molar refractivity (Wildman–Crippen MR) is 127 cm³/mol. The summed E-state index contributed by atoms with van der Waals surface area (Å²) >= 11 is 0. The maximum Gasteiger partial charge on any atom is 0.240 e. The van der Waals surface area contributed by atoms with Gasteiger partial charge in [-0.2, -0.15) is 0 Å².